The van der Waals surface area contributed by atoms with Gasteiger partial charge in [-0.3, -0.25) is 0 Å². The van der Waals surface area contributed by atoms with Gasteiger partial charge < -0.3 is 10.2 Å². The molecule has 0 aliphatic heterocycles. The van der Waals surface area contributed by atoms with Crippen molar-refractivity contribution < 1.29 is 72.5 Å². The Morgan fingerprint density at radius 1 is 0.543 bits per heavy atom. The zero-order chi connectivity index (χ0) is 27.4. The molecule has 0 fully saturated rings. The first-order chi connectivity index (χ1) is 15.6. The number of carboxylic acid groups (broad SMARTS) is 2. The number of benzene rings is 2. The number of carboxylic acids is 2. The summed E-state index contributed by atoms with van der Waals surface area (Å²) in [5.41, 5.74) is -22.3. The number of alkyl halides is 12. The Bertz CT molecular complexity index is 1060. The van der Waals surface area contributed by atoms with Gasteiger partial charge in [0.25, 0.3) is 0 Å². The largest absolute Gasteiger partial charge is 0.478 e. The molecule has 0 aromatic heterocycles. The van der Waals surface area contributed by atoms with Gasteiger partial charge in [-0.25, -0.2) is 9.59 Å². The van der Waals surface area contributed by atoms with Gasteiger partial charge >= 0.3 is 36.6 Å². The van der Waals surface area contributed by atoms with Crippen molar-refractivity contribution in [2.75, 3.05) is 0 Å². The second-order valence-corrected chi connectivity index (χ2v) is 6.81. The van der Waals surface area contributed by atoms with Crippen molar-refractivity contribution in [1.29, 1.82) is 0 Å². The van der Waals surface area contributed by atoms with Crippen LogP contribution in [0.25, 0.3) is 0 Å². The SMILES string of the molecule is O=C(O)c1cccc(C(c2cccc(C(=O)O)c2C(F)(F)F)(C(F)(F)F)C(F)(F)F)c1C(F)(F)F. The van der Waals surface area contributed by atoms with Crippen molar-refractivity contribution in [2.24, 2.45) is 0 Å². The minimum absolute atomic E-state index is 0.00447. The lowest BCUT2D eigenvalue weighted by atomic mass is 9.68. The van der Waals surface area contributed by atoms with Crippen molar-refractivity contribution in [3.05, 3.63) is 69.8 Å². The van der Waals surface area contributed by atoms with E-state index in [9.17, 15) is 62.3 Å². The maximum absolute atomic E-state index is 14.3. The third-order valence-corrected chi connectivity index (χ3v) is 4.82. The van der Waals surface area contributed by atoms with Crippen molar-refractivity contribution >= 4 is 11.9 Å². The molecular weight excluding hydrogens is 520 g/mol. The molecule has 0 aliphatic carbocycles. The normalized spacial score (nSPS) is 13.6. The van der Waals surface area contributed by atoms with Crippen LogP contribution in [0.2, 0.25) is 0 Å². The molecule has 0 radical (unpaired) electrons. The van der Waals surface area contributed by atoms with Crippen molar-refractivity contribution in [1.82, 2.24) is 0 Å². The number of hydrogen-bond acceptors (Lipinski definition) is 2. The fraction of sp³-hybridized carbons (Fsp3) is 0.263. The minimum Gasteiger partial charge on any atom is -0.478 e. The van der Waals surface area contributed by atoms with Crippen molar-refractivity contribution in [3.8, 4) is 0 Å². The second-order valence-electron chi connectivity index (χ2n) is 6.81. The van der Waals surface area contributed by atoms with Gasteiger partial charge in [0.15, 0.2) is 0 Å². The molecule has 0 bridgehead atoms. The van der Waals surface area contributed by atoms with Crippen LogP contribution in [0.5, 0.6) is 0 Å². The van der Waals surface area contributed by atoms with Crippen LogP contribution in [-0.2, 0) is 17.8 Å². The van der Waals surface area contributed by atoms with Crippen LogP contribution < -0.4 is 0 Å². The van der Waals surface area contributed by atoms with Gasteiger partial charge in [0.2, 0.25) is 5.41 Å². The quantitative estimate of drug-likeness (QED) is 0.443. The van der Waals surface area contributed by atoms with Crippen LogP contribution in [0, 0.1) is 0 Å². The molecule has 35 heavy (non-hydrogen) atoms. The number of hydrogen-bond donors (Lipinski definition) is 2. The molecule has 0 saturated carbocycles. The first-order valence-electron chi connectivity index (χ1n) is 8.61. The van der Waals surface area contributed by atoms with Crippen LogP contribution >= 0.6 is 0 Å². The summed E-state index contributed by atoms with van der Waals surface area (Å²) < 4.78 is 168. The molecule has 0 atom stereocenters. The monoisotopic (exact) mass is 528 g/mol. The highest BCUT2D eigenvalue weighted by Gasteiger charge is 2.75. The summed E-state index contributed by atoms with van der Waals surface area (Å²) in [4.78, 5) is 22.5. The molecule has 0 spiro atoms. The van der Waals surface area contributed by atoms with E-state index in [1.54, 1.807) is 0 Å². The van der Waals surface area contributed by atoms with Gasteiger partial charge in [-0.05, 0) is 23.3 Å². The van der Waals surface area contributed by atoms with E-state index in [1.165, 1.54) is 0 Å². The third-order valence-electron chi connectivity index (χ3n) is 4.82. The summed E-state index contributed by atoms with van der Waals surface area (Å²) >= 11 is 0. The Labute approximate surface area is 185 Å². The molecular formula is C19H8F12O4. The summed E-state index contributed by atoms with van der Waals surface area (Å²) in [6, 6.07) is -0.828. The van der Waals surface area contributed by atoms with Crippen LogP contribution in [0.15, 0.2) is 36.4 Å². The number of rotatable bonds is 4. The highest BCUT2D eigenvalue weighted by Crippen LogP contribution is 2.60. The molecule has 0 aliphatic rings. The van der Waals surface area contributed by atoms with Gasteiger partial charge in [-0.2, -0.15) is 52.7 Å². The molecule has 0 unspecified atom stereocenters. The highest BCUT2D eigenvalue weighted by atomic mass is 19.4. The van der Waals surface area contributed by atoms with Gasteiger partial charge in [-0.1, -0.05) is 24.3 Å². The molecule has 0 heterocycles. The van der Waals surface area contributed by atoms with E-state index < -0.39 is 87.6 Å². The topological polar surface area (TPSA) is 74.6 Å². The van der Waals surface area contributed by atoms with Crippen molar-refractivity contribution in [3.63, 3.8) is 0 Å². The summed E-state index contributed by atoms with van der Waals surface area (Å²) in [5.74, 6) is -5.26. The molecule has 4 nitrogen and oxygen atoms in total. The van der Waals surface area contributed by atoms with E-state index in [0.29, 0.717) is 0 Å². The zero-order valence-electron chi connectivity index (χ0n) is 16.2. The molecule has 16 heteroatoms. The van der Waals surface area contributed by atoms with Crippen molar-refractivity contribution in [2.45, 2.75) is 30.1 Å². The van der Waals surface area contributed by atoms with Gasteiger partial charge in [0.1, 0.15) is 0 Å². The van der Waals surface area contributed by atoms with E-state index in [0.717, 1.165) is 0 Å². The lowest BCUT2D eigenvalue weighted by Gasteiger charge is -2.41. The van der Waals surface area contributed by atoms with E-state index in [1.807, 2.05) is 0 Å². The number of halogens is 12. The molecule has 2 aromatic carbocycles. The zero-order valence-corrected chi connectivity index (χ0v) is 16.2. The molecule has 0 saturated heterocycles. The fourth-order valence-corrected chi connectivity index (χ4v) is 3.61. The summed E-state index contributed by atoms with van der Waals surface area (Å²) in [7, 11) is 0. The summed E-state index contributed by atoms with van der Waals surface area (Å²) in [6.07, 6.45) is -26.5. The first kappa shape index (κ1) is 27.8. The standard InChI is InChI=1S/C19H8F12O4/c20-16(21,22)11-7(13(32)33)3-1-5-9(11)15(18(26,27)28,19(29,30)31)10-6-2-4-8(14(34)35)12(10)17(23,24)25/h1-6H,(H,32,33)(H,34,35). The van der Waals surface area contributed by atoms with E-state index >= 15 is 0 Å². The van der Waals surface area contributed by atoms with Gasteiger partial charge in [-0.15, -0.1) is 0 Å². The predicted octanol–water partition coefficient (Wildman–Crippen LogP) is 6.53. The summed E-state index contributed by atoms with van der Waals surface area (Å²) in [6.45, 7) is 0. The average molecular weight is 528 g/mol. The second kappa shape index (κ2) is 8.34. The Morgan fingerprint density at radius 2 is 0.829 bits per heavy atom. The summed E-state index contributed by atoms with van der Waals surface area (Å²) in [5, 5.41) is 18.0. The molecule has 192 valence electrons. The molecule has 2 N–H and O–H groups in total. The average Bonchev–Trinajstić information content (AvgIpc) is 2.64. The van der Waals surface area contributed by atoms with Crippen LogP contribution in [-0.4, -0.2) is 34.5 Å². The van der Waals surface area contributed by atoms with Crippen LogP contribution in [0.1, 0.15) is 43.0 Å². The van der Waals surface area contributed by atoms with E-state index in [4.69, 9.17) is 10.2 Å². The number of aromatic carboxylic acids is 2. The van der Waals surface area contributed by atoms with E-state index in [2.05, 4.69) is 0 Å². The smallest absolute Gasteiger partial charge is 0.417 e. The Balaban J connectivity index is 3.42. The van der Waals surface area contributed by atoms with E-state index in [-0.39, 0.29) is 24.3 Å². The van der Waals surface area contributed by atoms with Crippen LogP contribution in [0.3, 0.4) is 0 Å². The lowest BCUT2D eigenvalue weighted by molar-refractivity contribution is -0.290. The predicted molar refractivity (Wildman–Crippen MR) is 89.7 cm³/mol. The molecule has 2 rings (SSSR count). The maximum Gasteiger partial charge on any atom is 0.417 e. The fourth-order valence-electron chi connectivity index (χ4n) is 3.61. The third kappa shape index (κ3) is 4.48. The Hall–Kier alpha value is -3.46. The molecule has 2 aromatic rings. The Kier molecular flexibility index (Phi) is 6.62. The number of carbonyl (C=O) groups is 2. The Morgan fingerprint density at radius 3 is 1.03 bits per heavy atom. The van der Waals surface area contributed by atoms with Crippen LogP contribution in [0.4, 0.5) is 52.7 Å². The molecule has 0 amide bonds. The van der Waals surface area contributed by atoms with Gasteiger partial charge in [0.05, 0.1) is 22.3 Å². The van der Waals surface area contributed by atoms with Gasteiger partial charge in [0, 0.05) is 0 Å². The maximum atomic E-state index is 14.3. The first-order valence-corrected chi connectivity index (χ1v) is 8.61. The minimum atomic E-state index is -7.03. The highest BCUT2D eigenvalue weighted by molar-refractivity contribution is 5.91. The lowest BCUT2D eigenvalue weighted by Crippen LogP contribution is -2.56.